The average molecular weight is 347 g/mol. The number of rotatable bonds is 6. The third-order valence-electron chi connectivity index (χ3n) is 4.28. The van der Waals surface area contributed by atoms with Gasteiger partial charge in [-0.2, -0.15) is 0 Å². The van der Waals surface area contributed by atoms with Crippen LogP contribution < -0.4 is 5.32 Å². The molecule has 0 saturated carbocycles. The van der Waals surface area contributed by atoms with Crippen LogP contribution >= 0.6 is 11.3 Å². The van der Waals surface area contributed by atoms with Gasteiger partial charge in [0.05, 0.1) is 0 Å². The summed E-state index contributed by atoms with van der Waals surface area (Å²) in [5.41, 5.74) is 0. The fourth-order valence-electron chi connectivity index (χ4n) is 2.94. The van der Waals surface area contributed by atoms with Gasteiger partial charge in [-0.15, -0.1) is 21.5 Å². The normalized spacial score (nSPS) is 14.5. The maximum absolute atomic E-state index is 4.78. The van der Waals surface area contributed by atoms with Crippen molar-refractivity contribution in [2.75, 3.05) is 20.1 Å². The second-order valence-corrected chi connectivity index (χ2v) is 7.09. The molecule has 0 bridgehead atoms. The highest BCUT2D eigenvalue weighted by atomic mass is 32.1. The van der Waals surface area contributed by atoms with Gasteiger partial charge in [0.15, 0.2) is 11.8 Å². The lowest BCUT2D eigenvalue weighted by Gasteiger charge is -2.22. The summed E-state index contributed by atoms with van der Waals surface area (Å²) in [4.78, 5) is 8.37. The van der Waals surface area contributed by atoms with Gasteiger partial charge < -0.3 is 14.8 Å². The van der Waals surface area contributed by atoms with Gasteiger partial charge in [0.25, 0.3) is 0 Å². The second kappa shape index (κ2) is 8.28. The lowest BCUT2D eigenvalue weighted by atomic mass is 10.2. The molecule has 1 aliphatic heterocycles. The molecule has 2 aromatic rings. The van der Waals surface area contributed by atoms with Crippen LogP contribution in [0.1, 0.15) is 36.3 Å². The zero-order valence-corrected chi connectivity index (χ0v) is 15.3. The molecule has 0 saturated heterocycles. The lowest BCUT2D eigenvalue weighted by Crippen LogP contribution is -2.40. The van der Waals surface area contributed by atoms with E-state index >= 15 is 0 Å². The van der Waals surface area contributed by atoms with Crippen LogP contribution in [0.2, 0.25) is 0 Å². The number of hydrogen-bond acceptors (Lipinski definition) is 4. The van der Waals surface area contributed by atoms with E-state index in [1.807, 2.05) is 11.3 Å². The predicted octanol–water partition coefficient (Wildman–Crippen LogP) is 2.32. The van der Waals surface area contributed by atoms with E-state index in [-0.39, 0.29) is 0 Å². The number of aromatic nitrogens is 3. The molecule has 7 heteroatoms. The second-order valence-electron chi connectivity index (χ2n) is 6.06. The van der Waals surface area contributed by atoms with E-state index in [0.717, 1.165) is 50.1 Å². The first kappa shape index (κ1) is 17.0. The molecule has 3 heterocycles. The molecule has 0 aromatic carbocycles. The van der Waals surface area contributed by atoms with Gasteiger partial charge in [0.1, 0.15) is 12.4 Å². The monoisotopic (exact) mass is 346 g/mol. The quantitative estimate of drug-likeness (QED) is 0.644. The van der Waals surface area contributed by atoms with Crippen LogP contribution in [0.25, 0.3) is 0 Å². The van der Waals surface area contributed by atoms with E-state index in [1.54, 1.807) is 0 Å². The molecule has 24 heavy (non-hydrogen) atoms. The summed E-state index contributed by atoms with van der Waals surface area (Å²) in [6.07, 6.45) is 4.51. The number of thiophene rings is 1. The first-order valence-corrected chi connectivity index (χ1v) is 9.58. The van der Waals surface area contributed by atoms with Crippen LogP contribution in [-0.4, -0.2) is 45.8 Å². The number of aryl methyl sites for hydroxylation is 1. The Balaban J connectivity index is 1.63. The van der Waals surface area contributed by atoms with Crippen molar-refractivity contribution in [2.24, 2.45) is 4.99 Å². The molecule has 0 unspecified atom stereocenters. The molecule has 0 spiro atoms. The third-order valence-corrected chi connectivity index (χ3v) is 5.21. The zero-order chi connectivity index (χ0) is 16.8. The van der Waals surface area contributed by atoms with Crippen LogP contribution in [-0.2, 0) is 25.9 Å². The van der Waals surface area contributed by atoms with Crippen molar-refractivity contribution in [1.82, 2.24) is 25.0 Å². The van der Waals surface area contributed by atoms with Crippen molar-refractivity contribution in [3.05, 3.63) is 34.0 Å². The fourth-order valence-corrected chi connectivity index (χ4v) is 3.64. The first-order chi connectivity index (χ1) is 11.8. The highest BCUT2D eigenvalue weighted by molar-refractivity contribution is 7.09. The van der Waals surface area contributed by atoms with Gasteiger partial charge in [0, 0.05) is 38.0 Å². The Morgan fingerprint density at radius 1 is 1.42 bits per heavy atom. The maximum atomic E-state index is 4.78. The van der Waals surface area contributed by atoms with Gasteiger partial charge in [-0.3, -0.25) is 0 Å². The Morgan fingerprint density at radius 2 is 2.33 bits per heavy atom. The Labute approximate surface area is 147 Å². The molecule has 0 atom stereocenters. The van der Waals surface area contributed by atoms with Crippen LogP contribution in [0.5, 0.6) is 0 Å². The van der Waals surface area contributed by atoms with Crippen molar-refractivity contribution in [2.45, 2.75) is 45.7 Å². The SMILES string of the molecule is CCNC(=NCc1nnc2n1CCCC2)N(C)CCc1cccs1. The summed E-state index contributed by atoms with van der Waals surface area (Å²) in [6, 6.07) is 4.29. The standard InChI is InChI=1S/C17H26N6S/c1-3-18-17(22(2)11-9-14-7-6-12-24-14)19-13-16-21-20-15-8-4-5-10-23(15)16/h6-7,12H,3-5,8-11,13H2,1-2H3,(H,18,19). The number of aliphatic imine (C=N–C) groups is 1. The first-order valence-electron chi connectivity index (χ1n) is 8.70. The highest BCUT2D eigenvalue weighted by Gasteiger charge is 2.15. The van der Waals surface area contributed by atoms with Gasteiger partial charge in [-0.1, -0.05) is 6.07 Å². The summed E-state index contributed by atoms with van der Waals surface area (Å²) >= 11 is 1.81. The van der Waals surface area contributed by atoms with E-state index in [4.69, 9.17) is 4.99 Å². The van der Waals surface area contributed by atoms with Gasteiger partial charge in [0.2, 0.25) is 0 Å². The van der Waals surface area contributed by atoms with Crippen molar-refractivity contribution < 1.29 is 0 Å². The summed E-state index contributed by atoms with van der Waals surface area (Å²) < 4.78 is 2.24. The summed E-state index contributed by atoms with van der Waals surface area (Å²) in [5.74, 6) is 3.02. The molecule has 0 fully saturated rings. The lowest BCUT2D eigenvalue weighted by molar-refractivity contribution is 0.482. The number of hydrogen-bond donors (Lipinski definition) is 1. The summed E-state index contributed by atoms with van der Waals surface area (Å²) in [5, 5.41) is 14.1. The van der Waals surface area contributed by atoms with Gasteiger partial charge in [-0.05, 0) is 37.6 Å². The molecule has 1 aliphatic rings. The molecule has 6 nitrogen and oxygen atoms in total. The number of fused-ring (bicyclic) bond motifs is 1. The average Bonchev–Trinajstić information content (AvgIpc) is 3.26. The molecule has 0 aliphatic carbocycles. The Morgan fingerprint density at radius 3 is 3.12 bits per heavy atom. The highest BCUT2D eigenvalue weighted by Crippen LogP contribution is 2.15. The molecule has 3 rings (SSSR count). The molecule has 1 N–H and O–H groups in total. The zero-order valence-electron chi connectivity index (χ0n) is 14.5. The van der Waals surface area contributed by atoms with Crippen LogP contribution in [0.15, 0.2) is 22.5 Å². The largest absolute Gasteiger partial charge is 0.357 e. The van der Waals surface area contributed by atoms with Crippen LogP contribution in [0.3, 0.4) is 0 Å². The van der Waals surface area contributed by atoms with E-state index in [9.17, 15) is 0 Å². The number of nitrogens with one attached hydrogen (secondary N) is 1. The molecule has 0 radical (unpaired) electrons. The minimum absolute atomic E-state index is 0.582. The number of likely N-dealkylation sites (N-methyl/N-ethyl adjacent to an activating group) is 1. The van der Waals surface area contributed by atoms with Crippen LogP contribution in [0.4, 0.5) is 0 Å². The van der Waals surface area contributed by atoms with Crippen molar-refractivity contribution in [3.63, 3.8) is 0 Å². The van der Waals surface area contributed by atoms with Crippen molar-refractivity contribution in [3.8, 4) is 0 Å². The maximum Gasteiger partial charge on any atom is 0.194 e. The molecule has 2 aromatic heterocycles. The molecular weight excluding hydrogens is 320 g/mol. The van der Waals surface area contributed by atoms with Gasteiger partial charge in [-0.25, -0.2) is 4.99 Å². The minimum atomic E-state index is 0.582. The Bertz CT molecular complexity index is 661. The van der Waals surface area contributed by atoms with E-state index < -0.39 is 0 Å². The topological polar surface area (TPSA) is 58.3 Å². The van der Waals surface area contributed by atoms with Crippen LogP contribution in [0, 0.1) is 0 Å². The fraction of sp³-hybridized carbons (Fsp3) is 0.588. The minimum Gasteiger partial charge on any atom is -0.357 e. The van der Waals surface area contributed by atoms with E-state index in [2.05, 4.69) is 56.5 Å². The number of nitrogens with zero attached hydrogens (tertiary/aromatic N) is 5. The smallest absolute Gasteiger partial charge is 0.194 e. The molecular formula is C17H26N6S. The Hall–Kier alpha value is -1.89. The number of guanidine groups is 1. The van der Waals surface area contributed by atoms with Gasteiger partial charge >= 0.3 is 0 Å². The third kappa shape index (κ3) is 4.14. The van der Waals surface area contributed by atoms with E-state index in [0.29, 0.717) is 6.54 Å². The molecule has 130 valence electrons. The molecule has 0 amide bonds. The predicted molar refractivity (Wildman–Crippen MR) is 98.4 cm³/mol. The van der Waals surface area contributed by atoms with Crippen molar-refractivity contribution in [1.29, 1.82) is 0 Å². The Kier molecular flexibility index (Phi) is 5.85. The van der Waals surface area contributed by atoms with E-state index in [1.165, 1.54) is 17.7 Å². The summed E-state index contributed by atoms with van der Waals surface area (Å²) in [7, 11) is 2.09. The van der Waals surface area contributed by atoms with Crippen molar-refractivity contribution >= 4 is 17.3 Å². The summed E-state index contributed by atoms with van der Waals surface area (Å²) in [6.45, 7) is 5.52.